The average Bonchev–Trinajstić information content (AvgIpc) is 2.88. The van der Waals surface area contributed by atoms with Crippen molar-refractivity contribution in [1.29, 1.82) is 0 Å². The van der Waals surface area contributed by atoms with Crippen LogP contribution in [0.1, 0.15) is 22.5 Å². The number of aryl methyl sites for hydroxylation is 2. The van der Waals surface area contributed by atoms with Crippen LogP contribution in [0.5, 0.6) is 0 Å². The number of rotatable bonds is 1. The maximum atomic E-state index is 13.5. The summed E-state index contributed by atoms with van der Waals surface area (Å²) in [6.45, 7) is 3.75. The van der Waals surface area contributed by atoms with E-state index in [1.165, 1.54) is 12.1 Å². The third kappa shape index (κ3) is 2.09. The molecule has 0 aliphatic carbocycles. The third-order valence-corrected chi connectivity index (χ3v) is 3.59. The van der Waals surface area contributed by atoms with E-state index >= 15 is 0 Å². The number of benzene rings is 1. The van der Waals surface area contributed by atoms with Crippen molar-refractivity contribution >= 4 is 29.3 Å². The van der Waals surface area contributed by atoms with E-state index in [0.29, 0.717) is 10.6 Å². The summed E-state index contributed by atoms with van der Waals surface area (Å²) in [5.74, 6) is -1.20. The van der Waals surface area contributed by atoms with Gasteiger partial charge in [-0.05, 0) is 49.8 Å². The zero-order chi connectivity index (χ0) is 16.0. The number of carbonyl (C=O) groups is 2. The molecular formula is C16H13FN2O3. The maximum Gasteiger partial charge on any atom is 0.419 e. The molecule has 22 heavy (non-hydrogen) atoms. The molecule has 3 rings (SSSR count). The van der Waals surface area contributed by atoms with Crippen LogP contribution in [0.15, 0.2) is 24.3 Å². The first-order valence-corrected chi connectivity index (χ1v) is 6.63. The van der Waals surface area contributed by atoms with Gasteiger partial charge in [0.2, 0.25) is 0 Å². The number of carboxylic acid groups (broad SMARTS) is 1. The van der Waals surface area contributed by atoms with Crippen LogP contribution in [-0.2, 0) is 4.79 Å². The Labute approximate surface area is 125 Å². The number of aromatic nitrogens is 1. The van der Waals surface area contributed by atoms with E-state index < -0.39 is 17.8 Å². The monoisotopic (exact) mass is 300 g/mol. The van der Waals surface area contributed by atoms with Gasteiger partial charge in [-0.2, -0.15) is 0 Å². The molecule has 6 heteroatoms. The first kappa shape index (κ1) is 14.1. The number of aromatic amines is 1. The van der Waals surface area contributed by atoms with Crippen LogP contribution < -0.4 is 4.90 Å². The van der Waals surface area contributed by atoms with Crippen molar-refractivity contribution in [1.82, 2.24) is 4.98 Å². The lowest BCUT2D eigenvalue weighted by Crippen LogP contribution is -2.31. The van der Waals surface area contributed by atoms with Gasteiger partial charge in [-0.3, -0.25) is 4.79 Å². The van der Waals surface area contributed by atoms with E-state index in [2.05, 4.69) is 4.98 Å². The number of fused-ring (bicyclic) bond motifs is 1. The van der Waals surface area contributed by atoms with Gasteiger partial charge in [-0.15, -0.1) is 0 Å². The molecule has 2 aromatic rings. The number of imide groups is 1. The molecule has 5 nitrogen and oxygen atoms in total. The first-order chi connectivity index (χ1) is 10.4. The highest BCUT2D eigenvalue weighted by Gasteiger charge is 2.37. The van der Waals surface area contributed by atoms with Crippen molar-refractivity contribution in [3.8, 4) is 0 Å². The molecule has 2 amide bonds. The lowest BCUT2D eigenvalue weighted by atomic mass is 10.1. The zero-order valence-corrected chi connectivity index (χ0v) is 12.0. The summed E-state index contributed by atoms with van der Waals surface area (Å²) < 4.78 is 13.5. The van der Waals surface area contributed by atoms with E-state index in [9.17, 15) is 19.1 Å². The Kier molecular flexibility index (Phi) is 3.09. The van der Waals surface area contributed by atoms with Gasteiger partial charge < -0.3 is 10.1 Å². The summed E-state index contributed by atoms with van der Waals surface area (Å²) >= 11 is 0. The molecule has 0 fully saturated rings. The van der Waals surface area contributed by atoms with Crippen molar-refractivity contribution in [3.05, 3.63) is 52.6 Å². The lowest BCUT2D eigenvalue weighted by molar-refractivity contribution is -0.112. The van der Waals surface area contributed by atoms with Crippen molar-refractivity contribution < 1.29 is 19.1 Å². The Bertz CT molecular complexity index is 836. The Morgan fingerprint density at radius 1 is 1.32 bits per heavy atom. The van der Waals surface area contributed by atoms with Crippen LogP contribution in [0.3, 0.4) is 0 Å². The molecule has 1 aromatic carbocycles. The highest BCUT2D eigenvalue weighted by molar-refractivity contribution is 6.41. The highest BCUT2D eigenvalue weighted by Crippen LogP contribution is 2.38. The number of amides is 2. The predicted octanol–water partition coefficient (Wildman–Crippen LogP) is 3.34. The van der Waals surface area contributed by atoms with Crippen LogP contribution in [0.2, 0.25) is 0 Å². The molecule has 0 spiro atoms. The standard InChI is InChI=1S/C16H13FN2O3/c1-8-5-9(2)18-13(8)7-12-11-6-10(17)3-4-14(11)19(15(12)20)16(21)22/h3-7,18H,1-2H3,(H,21,22). The summed E-state index contributed by atoms with van der Waals surface area (Å²) in [6.07, 6.45) is 0.173. The van der Waals surface area contributed by atoms with Crippen LogP contribution >= 0.6 is 0 Å². The molecule has 0 saturated heterocycles. The second-order valence-electron chi connectivity index (χ2n) is 5.19. The Balaban J connectivity index is 2.21. The fourth-order valence-corrected chi connectivity index (χ4v) is 2.64. The van der Waals surface area contributed by atoms with E-state index in [1.54, 1.807) is 6.08 Å². The van der Waals surface area contributed by atoms with Gasteiger partial charge in [0.15, 0.2) is 0 Å². The number of carbonyl (C=O) groups excluding carboxylic acids is 1. The molecule has 1 aliphatic heterocycles. The quantitative estimate of drug-likeness (QED) is 0.793. The number of hydrogen-bond acceptors (Lipinski definition) is 2. The van der Waals surface area contributed by atoms with Crippen molar-refractivity contribution in [2.45, 2.75) is 13.8 Å². The zero-order valence-electron chi connectivity index (χ0n) is 12.0. The summed E-state index contributed by atoms with van der Waals surface area (Å²) in [5.41, 5.74) is 3.14. The van der Waals surface area contributed by atoms with Gasteiger partial charge in [-0.25, -0.2) is 14.1 Å². The van der Waals surface area contributed by atoms with Crippen molar-refractivity contribution in [2.75, 3.05) is 4.90 Å². The molecule has 0 saturated carbocycles. The summed E-state index contributed by atoms with van der Waals surface area (Å²) in [5, 5.41) is 9.22. The molecule has 0 unspecified atom stereocenters. The molecule has 0 bridgehead atoms. The second-order valence-corrected chi connectivity index (χ2v) is 5.19. The maximum absolute atomic E-state index is 13.5. The average molecular weight is 300 g/mol. The fourth-order valence-electron chi connectivity index (χ4n) is 2.64. The first-order valence-electron chi connectivity index (χ1n) is 6.63. The van der Waals surface area contributed by atoms with Gasteiger partial charge in [0.05, 0.1) is 11.3 Å². The molecule has 2 heterocycles. The molecular weight excluding hydrogens is 287 g/mol. The number of hydrogen-bond donors (Lipinski definition) is 2. The minimum absolute atomic E-state index is 0.154. The van der Waals surface area contributed by atoms with E-state index in [4.69, 9.17) is 0 Å². The number of nitrogens with zero attached hydrogens (tertiary/aromatic N) is 1. The minimum Gasteiger partial charge on any atom is -0.464 e. The van der Waals surface area contributed by atoms with Gasteiger partial charge in [0, 0.05) is 17.0 Å². The highest BCUT2D eigenvalue weighted by atomic mass is 19.1. The number of nitrogens with one attached hydrogen (secondary N) is 1. The van der Waals surface area contributed by atoms with Gasteiger partial charge in [-0.1, -0.05) is 0 Å². The van der Waals surface area contributed by atoms with Crippen LogP contribution in [0, 0.1) is 19.7 Å². The van der Waals surface area contributed by atoms with E-state index in [1.807, 2.05) is 19.9 Å². The lowest BCUT2D eigenvalue weighted by Gasteiger charge is -2.09. The normalized spacial score (nSPS) is 15.5. The number of anilines is 1. The van der Waals surface area contributed by atoms with Crippen LogP contribution in [0.25, 0.3) is 11.6 Å². The van der Waals surface area contributed by atoms with Gasteiger partial charge in [0.1, 0.15) is 5.82 Å². The van der Waals surface area contributed by atoms with E-state index in [0.717, 1.165) is 17.3 Å². The Hall–Kier alpha value is -2.89. The molecule has 0 radical (unpaired) electrons. The number of halogens is 1. The van der Waals surface area contributed by atoms with E-state index in [-0.39, 0.29) is 16.8 Å². The molecule has 112 valence electrons. The molecule has 1 aliphatic rings. The topological polar surface area (TPSA) is 73.4 Å². The second kappa shape index (κ2) is 4.84. The minimum atomic E-state index is -1.39. The Morgan fingerprint density at radius 3 is 2.64 bits per heavy atom. The summed E-state index contributed by atoms with van der Waals surface area (Å²) in [6, 6.07) is 5.51. The summed E-state index contributed by atoms with van der Waals surface area (Å²) in [4.78, 5) is 27.4. The SMILES string of the molecule is Cc1cc(C)c(C=C2C(=O)N(C(=O)O)c3ccc(F)cc32)[nH]1. The van der Waals surface area contributed by atoms with Gasteiger partial charge >= 0.3 is 6.09 Å². The molecule has 2 N–H and O–H groups in total. The van der Waals surface area contributed by atoms with Crippen molar-refractivity contribution in [3.63, 3.8) is 0 Å². The Morgan fingerprint density at radius 2 is 2.05 bits per heavy atom. The van der Waals surface area contributed by atoms with Crippen LogP contribution in [-0.4, -0.2) is 22.1 Å². The predicted molar refractivity (Wildman–Crippen MR) is 80.0 cm³/mol. The largest absolute Gasteiger partial charge is 0.464 e. The van der Waals surface area contributed by atoms with Gasteiger partial charge in [0.25, 0.3) is 5.91 Å². The summed E-state index contributed by atoms with van der Waals surface area (Å²) in [7, 11) is 0. The fraction of sp³-hybridized carbons (Fsp3) is 0.125. The molecule has 1 aromatic heterocycles. The third-order valence-electron chi connectivity index (χ3n) is 3.59. The van der Waals surface area contributed by atoms with Crippen molar-refractivity contribution in [2.24, 2.45) is 0 Å². The smallest absolute Gasteiger partial charge is 0.419 e. The number of H-pyrrole nitrogens is 1. The molecule has 0 atom stereocenters. The van der Waals surface area contributed by atoms with Crippen LogP contribution in [0.4, 0.5) is 14.9 Å².